The van der Waals surface area contributed by atoms with Gasteiger partial charge in [0.1, 0.15) is 12.4 Å². The number of fused-ring (bicyclic) bond motifs is 1. The van der Waals surface area contributed by atoms with Crippen LogP contribution < -0.4 is 16.2 Å². The second kappa shape index (κ2) is 8.59. The number of aryl methyl sites for hydroxylation is 1. The Morgan fingerprint density at radius 3 is 2.71 bits per heavy atom. The number of nitrogens with two attached hydrogens (primary N) is 2. The first-order chi connectivity index (χ1) is 14.6. The molecule has 1 aliphatic carbocycles. The fourth-order valence-electron chi connectivity index (χ4n) is 4.14. The molecule has 7 heteroatoms. The van der Waals surface area contributed by atoms with Crippen LogP contribution in [0.5, 0.6) is 5.75 Å². The third-order valence-corrected chi connectivity index (χ3v) is 5.59. The Morgan fingerprint density at radius 2 is 2.06 bits per heavy atom. The second-order valence-electron chi connectivity index (χ2n) is 9.17. The summed E-state index contributed by atoms with van der Waals surface area (Å²) in [6.07, 6.45) is 4.72. The number of hydrogen-bond acceptors (Lipinski definition) is 5. The van der Waals surface area contributed by atoms with Crippen molar-refractivity contribution in [3.05, 3.63) is 53.5 Å². The molecule has 0 spiro atoms. The molecule has 1 aliphatic rings. The fourth-order valence-corrected chi connectivity index (χ4v) is 4.14. The van der Waals surface area contributed by atoms with Crippen molar-refractivity contribution >= 4 is 17.3 Å². The van der Waals surface area contributed by atoms with E-state index in [1.54, 1.807) is 0 Å². The van der Waals surface area contributed by atoms with Crippen LogP contribution in [0.25, 0.3) is 5.69 Å². The van der Waals surface area contributed by atoms with E-state index in [9.17, 15) is 4.79 Å². The number of rotatable bonds is 7. The van der Waals surface area contributed by atoms with Crippen molar-refractivity contribution in [2.75, 3.05) is 33.0 Å². The van der Waals surface area contributed by atoms with Crippen LogP contribution in [0.4, 0.5) is 5.69 Å². The van der Waals surface area contributed by atoms with Crippen LogP contribution in [0.15, 0.2) is 36.1 Å². The van der Waals surface area contributed by atoms with Gasteiger partial charge in [-0.1, -0.05) is 20.4 Å². The molecule has 0 amide bonds. The number of aliphatic imine (C=N–C) groups is 1. The standard InChI is InChI=1S/C24H33N5O2/c1-7-27-23(26)16-8-9-17(22(21(16)25)31-11-10-28(5)6)29-14-15(2)20-18(29)12-24(3,4)13-19(20)30/h7-9,14H,1,10-13,25H2,2-6H3,(H2,26,27). The number of carbonyl (C=O) groups is 1. The Morgan fingerprint density at radius 1 is 1.35 bits per heavy atom. The third-order valence-electron chi connectivity index (χ3n) is 5.59. The normalized spacial score (nSPS) is 15.8. The lowest BCUT2D eigenvalue weighted by Gasteiger charge is -2.30. The smallest absolute Gasteiger partial charge is 0.166 e. The van der Waals surface area contributed by atoms with Gasteiger partial charge in [-0.25, -0.2) is 4.99 Å². The molecule has 0 aliphatic heterocycles. The summed E-state index contributed by atoms with van der Waals surface area (Å²) >= 11 is 0. The van der Waals surface area contributed by atoms with Crippen molar-refractivity contribution in [3.63, 3.8) is 0 Å². The summed E-state index contributed by atoms with van der Waals surface area (Å²) in [7, 11) is 3.97. The molecule has 7 nitrogen and oxygen atoms in total. The Labute approximate surface area is 184 Å². The van der Waals surface area contributed by atoms with Crippen LogP contribution in [-0.4, -0.2) is 48.3 Å². The SMILES string of the molecule is C=C/N=C(/N)c1ccc(-n2cc(C)c3c2CC(C)(C)CC3=O)c(OCCN(C)C)c1N. The number of carbonyl (C=O) groups excluding carboxylic acids is 1. The molecule has 4 N–H and O–H groups in total. The largest absolute Gasteiger partial charge is 0.488 e. The van der Waals surface area contributed by atoms with E-state index in [2.05, 4.69) is 30.0 Å². The molecule has 0 fully saturated rings. The first-order valence-electron chi connectivity index (χ1n) is 10.4. The molecule has 0 saturated heterocycles. The third kappa shape index (κ3) is 4.51. The molecule has 0 bridgehead atoms. The van der Waals surface area contributed by atoms with Crippen molar-refractivity contribution in [2.45, 2.75) is 33.6 Å². The van der Waals surface area contributed by atoms with Gasteiger partial charge in [-0.15, -0.1) is 0 Å². The van der Waals surface area contributed by atoms with E-state index in [4.69, 9.17) is 16.2 Å². The van der Waals surface area contributed by atoms with Crippen LogP contribution in [-0.2, 0) is 6.42 Å². The zero-order valence-electron chi connectivity index (χ0n) is 19.2. The van der Waals surface area contributed by atoms with E-state index in [-0.39, 0.29) is 17.0 Å². The Hall–Kier alpha value is -3.06. The van der Waals surface area contributed by atoms with Gasteiger partial charge in [-0.3, -0.25) is 4.79 Å². The molecule has 31 heavy (non-hydrogen) atoms. The van der Waals surface area contributed by atoms with Crippen molar-refractivity contribution < 1.29 is 9.53 Å². The van der Waals surface area contributed by atoms with Crippen molar-refractivity contribution in [2.24, 2.45) is 16.1 Å². The highest BCUT2D eigenvalue weighted by Crippen LogP contribution is 2.41. The highest BCUT2D eigenvalue weighted by molar-refractivity contribution is 6.04. The number of ketones is 1. The van der Waals surface area contributed by atoms with E-state index >= 15 is 0 Å². The molecule has 0 atom stereocenters. The first-order valence-corrected chi connectivity index (χ1v) is 10.4. The minimum absolute atomic E-state index is 0.106. The number of nitrogen functional groups attached to an aromatic ring is 1. The maximum absolute atomic E-state index is 12.9. The zero-order chi connectivity index (χ0) is 22.9. The Kier molecular flexibility index (Phi) is 6.27. The van der Waals surface area contributed by atoms with Gasteiger partial charge in [-0.2, -0.15) is 0 Å². The number of likely N-dealkylation sites (N-methyl/N-ethyl adjacent to an activating group) is 1. The topological polar surface area (TPSA) is 98.9 Å². The zero-order valence-corrected chi connectivity index (χ0v) is 19.2. The molecule has 3 rings (SSSR count). The van der Waals surface area contributed by atoms with Crippen LogP contribution in [0.1, 0.15) is 47.4 Å². The maximum Gasteiger partial charge on any atom is 0.166 e. The number of aromatic nitrogens is 1. The number of hydrogen-bond donors (Lipinski definition) is 2. The molecule has 1 aromatic heterocycles. The van der Waals surface area contributed by atoms with E-state index in [0.717, 1.165) is 35.5 Å². The Balaban J connectivity index is 2.18. The number of Topliss-reactive ketones (excluding diaryl/α,β-unsaturated/α-hetero) is 1. The lowest BCUT2D eigenvalue weighted by Crippen LogP contribution is -2.28. The molecule has 1 aromatic carbocycles. The van der Waals surface area contributed by atoms with Crippen LogP contribution in [0, 0.1) is 12.3 Å². The Bertz CT molecular complexity index is 1050. The van der Waals surface area contributed by atoms with Crippen molar-refractivity contribution in [3.8, 4) is 11.4 Å². The monoisotopic (exact) mass is 423 g/mol. The quantitative estimate of drug-likeness (QED) is 0.404. The predicted octanol–water partition coefficient (Wildman–Crippen LogP) is 3.31. The van der Waals surface area contributed by atoms with Crippen LogP contribution >= 0.6 is 0 Å². The van der Waals surface area contributed by atoms with Gasteiger partial charge in [0.2, 0.25) is 0 Å². The first kappa shape index (κ1) is 22.6. The summed E-state index contributed by atoms with van der Waals surface area (Å²) in [6.45, 7) is 11.0. The number of nitrogens with zero attached hydrogens (tertiary/aromatic N) is 3. The van der Waals surface area contributed by atoms with Gasteiger partial charge in [0.25, 0.3) is 0 Å². The maximum atomic E-state index is 12.9. The lowest BCUT2D eigenvalue weighted by atomic mass is 9.75. The molecule has 2 aromatic rings. The summed E-state index contributed by atoms with van der Waals surface area (Å²) in [5.74, 6) is 0.998. The number of ether oxygens (including phenoxy) is 1. The molecular weight excluding hydrogens is 390 g/mol. The van der Waals surface area contributed by atoms with Gasteiger partial charge in [-0.05, 0) is 50.6 Å². The minimum atomic E-state index is -0.106. The number of amidine groups is 1. The molecule has 166 valence electrons. The van der Waals surface area contributed by atoms with Crippen LogP contribution in [0.3, 0.4) is 0 Å². The van der Waals surface area contributed by atoms with Gasteiger partial charge in [0.05, 0.1) is 11.4 Å². The van der Waals surface area contributed by atoms with Crippen molar-refractivity contribution in [1.29, 1.82) is 0 Å². The molecule has 0 unspecified atom stereocenters. The number of benzene rings is 1. The van der Waals surface area contributed by atoms with Gasteiger partial charge < -0.3 is 25.7 Å². The van der Waals surface area contributed by atoms with Crippen LogP contribution in [0.2, 0.25) is 0 Å². The van der Waals surface area contributed by atoms with Crippen molar-refractivity contribution in [1.82, 2.24) is 9.47 Å². The van der Waals surface area contributed by atoms with Gasteiger partial charge in [0.15, 0.2) is 11.5 Å². The molecular formula is C24H33N5O2. The molecule has 1 heterocycles. The fraction of sp³-hybridized carbons (Fsp3) is 0.417. The van der Waals surface area contributed by atoms with E-state index < -0.39 is 0 Å². The predicted molar refractivity (Wildman–Crippen MR) is 126 cm³/mol. The minimum Gasteiger partial charge on any atom is -0.488 e. The molecule has 0 saturated carbocycles. The second-order valence-corrected chi connectivity index (χ2v) is 9.17. The summed E-state index contributed by atoms with van der Waals surface area (Å²) in [5.41, 5.74) is 17.1. The molecule has 0 radical (unpaired) electrons. The van der Waals surface area contributed by atoms with Gasteiger partial charge in [0, 0.05) is 42.2 Å². The average molecular weight is 424 g/mol. The van der Waals surface area contributed by atoms with E-state index in [1.807, 2.05) is 44.2 Å². The summed E-state index contributed by atoms with van der Waals surface area (Å²) < 4.78 is 8.22. The average Bonchev–Trinajstić information content (AvgIpc) is 2.97. The number of anilines is 1. The van der Waals surface area contributed by atoms with Gasteiger partial charge >= 0.3 is 0 Å². The highest BCUT2D eigenvalue weighted by Gasteiger charge is 2.35. The summed E-state index contributed by atoms with van der Waals surface area (Å²) in [5, 5.41) is 0. The lowest BCUT2D eigenvalue weighted by molar-refractivity contribution is 0.0910. The summed E-state index contributed by atoms with van der Waals surface area (Å²) in [6, 6.07) is 3.76. The van der Waals surface area contributed by atoms with E-state index in [0.29, 0.717) is 30.0 Å². The highest BCUT2D eigenvalue weighted by atomic mass is 16.5. The van der Waals surface area contributed by atoms with E-state index in [1.165, 1.54) is 6.20 Å². The summed E-state index contributed by atoms with van der Waals surface area (Å²) in [4.78, 5) is 19.0.